The molecule has 0 aromatic rings. The third kappa shape index (κ3) is 5.33. The van der Waals surface area contributed by atoms with E-state index in [-0.39, 0.29) is 11.7 Å². The number of ether oxygens (including phenoxy) is 1. The van der Waals surface area contributed by atoms with E-state index in [0.29, 0.717) is 5.57 Å². The second-order valence-electron chi connectivity index (χ2n) is 5.68. The Morgan fingerprint density at radius 1 is 1.33 bits per heavy atom. The Hall–Kier alpha value is -0.656. The SMILES string of the molecule is C=C[Si](C)(O[Si](C)(C)C)C(CC)OC(=O)C(=C)C. The summed E-state index contributed by atoms with van der Waals surface area (Å²) < 4.78 is 11.8. The third-order valence-electron chi connectivity index (χ3n) is 2.54. The van der Waals surface area contributed by atoms with Gasteiger partial charge in [0.15, 0.2) is 8.32 Å². The molecule has 0 aromatic heterocycles. The molecule has 3 nitrogen and oxygen atoms in total. The van der Waals surface area contributed by atoms with Crippen molar-refractivity contribution in [2.24, 2.45) is 0 Å². The summed E-state index contributed by atoms with van der Waals surface area (Å²) in [6, 6.07) is 0. The van der Waals surface area contributed by atoms with Crippen LogP contribution in [-0.4, -0.2) is 28.3 Å². The van der Waals surface area contributed by atoms with Gasteiger partial charge in [0.2, 0.25) is 8.32 Å². The van der Waals surface area contributed by atoms with Crippen LogP contribution in [0.15, 0.2) is 24.4 Å². The molecule has 18 heavy (non-hydrogen) atoms. The minimum Gasteiger partial charge on any atom is -0.459 e. The lowest BCUT2D eigenvalue weighted by Crippen LogP contribution is -2.53. The predicted molar refractivity (Wildman–Crippen MR) is 81.2 cm³/mol. The molecule has 0 aliphatic heterocycles. The highest BCUT2D eigenvalue weighted by Gasteiger charge is 2.41. The van der Waals surface area contributed by atoms with Crippen LogP contribution in [-0.2, 0) is 13.6 Å². The number of carbonyl (C=O) groups is 1. The van der Waals surface area contributed by atoms with Crippen LogP contribution in [0.5, 0.6) is 0 Å². The molecule has 104 valence electrons. The Bertz CT molecular complexity index is 334. The largest absolute Gasteiger partial charge is 0.459 e. The topological polar surface area (TPSA) is 35.5 Å². The molecular weight excluding hydrogens is 260 g/mol. The van der Waals surface area contributed by atoms with Crippen LogP contribution in [0.2, 0.25) is 26.2 Å². The molecule has 0 aliphatic rings. The van der Waals surface area contributed by atoms with E-state index >= 15 is 0 Å². The maximum Gasteiger partial charge on any atom is 0.333 e. The fourth-order valence-corrected chi connectivity index (χ4v) is 9.29. The van der Waals surface area contributed by atoms with Gasteiger partial charge in [-0.3, -0.25) is 0 Å². The third-order valence-corrected chi connectivity index (χ3v) is 9.36. The van der Waals surface area contributed by atoms with Gasteiger partial charge >= 0.3 is 5.97 Å². The van der Waals surface area contributed by atoms with Gasteiger partial charge in [0.25, 0.3) is 0 Å². The minimum atomic E-state index is -2.26. The summed E-state index contributed by atoms with van der Waals surface area (Å²) in [5, 5.41) is 0. The molecule has 0 bridgehead atoms. The molecule has 0 saturated carbocycles. The van der Waals surface area contributed by atoms with Crippen molar-refractivity contribution < 1.29 is 13.6 Å². The van der Waals surface area contributed by atoms with Crippen LogP contribution in [0.3, 0.4) is 0 Å². The lowest BCUT2D eigenvalue weighted by Gasteiger charge is -2.37. The van der Waals surface area contributed by atoms with Gasteiger partial charge in [-0.05, 0) is 39.5 Å². The first kappa shape index (κ1) is 17.3. The highest BCUT2D eigenvalue weighted by atomic mass is 28.4. The van der Waals surface area contributed by atoms with Crippen molar-refractivity contribution in [1.29, 1.82) is 0 Å². The van der Waals surface area contributed by atoms with Gasteiger partial charge in [-0.2, -0.15) is 0 Å². The van der Waals surface area contributed by atoms with Gasteiger partial charge in [0.05, 0.1) is 0 Å². The molecule has 0 amide bonds. The van der Waals surface area contributed by atoms with Crippen LogP contribution in [0.1, 0.15) is 20.3 Å². The van der Waals surface area contributed by atoms with Crippen LogP contribution in [0.4, 0.5) is 0 Å². The molecule has 0 heterocycles. The van der Waals surface area contributed by atoms with Gasteiger partial charge in [-0.25, -0.2) is 4.79 Å². The Morgan fingerprint density at radius 3 is 2.11 bits per heavy atom. The second-order valence-corrected chi connectivity index (χ2v) is 14.1. The molecule has 0 saturated heterocycles. The zero-order valence-electron chi connectivity index (χ0n) is 12.5. The van der Waals surface area contributed by atoms with Crippen molar-refractivity contribution in [3.8, 4) is 0 Å². The van der Waals surface area contributed by atoms with Crippen LogP contribution in [0.25, 0.3) is 0 Å². The van der Waals surface area contributed by atoms with Crippen molar-refractivity contribution in [3.63, 3.8) is 0 Å². The van der Waals surface area contributed by atoms with E-state index in [1.54, 1.807) is 6.92 Å². The molecule has 0 rings (SSSR count). The van der Waals surface area contributed by atoms with Gasteiger partial charge < -0.3 is 8.85 Å². The van der Waals surface area contributed by atoms with Crippen molar-refractivity contribution in [3.05, 3.63) is 24.4 Å². The standard InChI is InChI=1S/C13H26O3Si2/c1-9-12(15-13(14)11(3)4)18(8,10-2)16-17(5,6)7/h10,12H,2-3,9H2,1,4-8H3. The second kappa shape index (κ2) is 6.49. The first-order chi connectivity index (χ1) is 8.05. The molecule has 2 unspecified atom stereocenters. The Morgan fingerprint density at radius 2 is 1.83 bits per heavy atom. The number of carbonyl (C=O) groups excluding carboxylic acids is 1. The van der Waals surface area contributed by atoms with E-state index in [9.17, 15) is 4.79 Å². The lowest BCUT2D eigenvalue weighted by atomic mass is 10.4. The van der Waals surface area contributed by atoms with Crippen LogP contribution >= 0.6 is 0 Å². The Kier molecular flexibility index (Phi) is 6.26. The number of hydrogen-bond acceptors (Lipinski definition) is 3. The minimum absolute atomic E-state index is 0.203. The first-order valence-corrected chi connectivity index (χ1v) is 12.2. The molecular formula is C13H26O3Si2. The van der Waals surface area contributed by atoms with E-state index in [4.69, 9.17) is 8.85 Å². The smallest absolute Gasteiger partial charge is 0.333 e. The van der Waals surface area contributed by atoms with Gasteiger partial charge in [0.1, 0.15) is 5.73 Å². The predicted octanol–water partition coefficient (Wildman–Crippen LogP) is 3.58. The molecule has 0 aliphatic carbocycles. The Balaban J connectivity index is 5.03. The van der Waals surface area contributed by atoms with Crippen molar-refractivity contribution in [2.45, 2.75) is 52.2 Å². The molecule has 0 spiro atoms. The van der Waals surface area contributed by atoms with Crippen LogP contribution in [0, 0.1) is 0 Å². The first-order valence-electron chi connectivity index (χ1n) is 6.26. The number of esters is 1. The molecule has 2 atom stereocenters. The molecule has 0 fully saturated rings. The van der Waals surface area contributed by atoms with E-state index < -0.39 is 16.6 Å². The summed E-state index contributed by atoms with van der Waals surface area (Å²) in [4.78, 5) is 11.7. The normalized spacial score (nSPS) is 16.6. The molecule has 0 aromatic carbocycles. The maximum atomic E-state index is 11.7. The zero-order valence-corrected chi connectivity index (χ0v) is 14.5. The maximum absolute atomic E-state index is 11.7. The summed E-state index contributed by atoms with van der Waals surface area (Å²) in [5.74, 6) is -0.346. The fourth-order valence-electron chi connectivity index (χ4n) is 1.73. The van der Waals surface area contributed by atoms with Gasteiger partial charge in [0, 0.05) is 5.57 Å². The fraction of sp³-hybridized carbons (Fsp3) is 0.615. The van der Waals surface area contributed by atoms with Crippen LogP contribution < -0.4 is 0 Å². The number of rotatable bonds is 7. The molecule has 5 heteroatoms. The number of hydrogen-bond donors (Lipinski definition) is 0. The average molecular weight is 287 g/mol. The van der Waals surface area contributed by atoms with E-state index in [1.165, 1.54) is 0 Å². The summed E-state index contributed by atoms with van der Waals surface area (Å²) >= 11 is 0. The summed E-state index contributed by atoms with van der Waals surface area (Å²) in [6.07, 6.45) is 0.734. The molecule has 0 radical (unpaired) electrons. The highest BCUT2D eigenvalue weighted by Crippen LogP contribution is 2.23. The average Bonchev–Trinajstić information content (AvgIpc) is 2.22. The lowest BCUT2D eigenvalue weighted by molar-refractivity contribution is -0.141. The van der Waals surface area contributed by atoms with E-state index in [0.717, 1.165) is 6.42 Å². The van der Waals surface area contributed by atoms with E-state index in [1.807, 2.05) is 12.6 Å². The summed E-state index contributed by atoms with van der Waals surface area (Å²) in [6.45, 7) is 19.6. The summed E-state index contributed by atoms with van der Waals surface area (Å²) in [5.41, 5.74) is 2.08. The Labute approximate surface area is 113 Å². The van der Waals surface area contributed by atoms with Gasteiger partial charge in [-0.15, -0.1) is 6.58 Å². The van der Waals surface area contributed by atoms with Gasteiger partial charge in [-0.1, -0.05) is 19.2 Å². The van der Waals surface area contributed by atoms with E-state index in [2.05, 4.69) is 39.3 Å². The monoisotopic (exact) mass is 286 g/mol. The van der Waals surface area contributed by atoms with Crippen molar-refractivity contribution in [1.82, 2.24) is 0 Å². The van der Waals surface area contributed by atoms with Crippen molar-refractivity contribution in [2.75, 3.05) is 0 Å². The summed E-state index contributed by atoms with van der Waals surface area (Å²) in [7, 11) is -3.95. The quantitative estimate of drug-likeness (QED) is 0.408. The zero-order chi connectivity index (χ0) is 14.6. The molecule has 0 N–H and O–H groups in total. The van der Waals surface area contributed by atoms with Crippen molar-refractivity contribution >= 4 is 22.6 Å². The highest BCUT2D eigenvalue weighted by molar-refractivity contribution is 6.88.